The van der Waals surface area contributed by atoms with Crippen LogP contribution >= 0.6 is 17.6 Å². The molecule has 0 aromatic heterocycles. The van der Waals surface area contributed by atoms with Gasteiger partial charge in [-0.2, -0.15) is 0 Å². The van der Waals surface area contributed by atoms with Gasteiger partial charge in [-0.15, -0.1) is 0 Å². The third-order valence-corrected chi connectivity index (χ3v) is 17.2. The summed E-state index contributed by atoms with van der Waals surface area (Å²) in [6.07, 6.45) is -2.18. The lowest BCUT2D eigenvalue weighted by atomic mass is 10.2. The lowest BCUT2D eigenvalue weighted by Crippen LogP contribution is -2.33. The maximum absolute atomic E-state index is 7.55. The molecule has 5 heteroatoms. The van der Waals surface area contributed by atoms with Crippen molar-refractivity contribution in [3.63, 3.8) is 0 Å². The van der Waals surface area contributed by atoms with Gasteiger partial charge >= 0.3 is 0 Å². The van der Waals surface area contributed by atoms with Gasteiger partial charge in [0.1, 0.15) is 0 Å². The van der Waals surface area contributed by atoms with Gasteiger partial charge in [0, 0.05) is 10.6 Å². The van der Waals surface area contributed by atoms with Crippen molar-refractivity contribution in [2.24, 2.45) is 4.41 Å². The van der Waals surface area contributed by atoms with Crippen LogP contribution in [0.5, 0.6) is 0 Å². The van der Waals surface area contributed by atoms with E-state index in [1.807, 2.05) is 0 Å². The Morgan fingerprint density at radius 2 is 1.25 bits per heavy atom. The van der Waals surface area contributed by atoms with Crippen LogP contribution in [0.4, 0.5) is 0 Å². The van der Waals surface area contributed by atoms with E-state index in [0.717, 1.165) is 0 Å². The second-order valence-electron chi connectivity index (χ2n) is 8.39. The highest BCUT2D eigenvalue weighted by Crippen LogP contribution is 2.68. The SMILES string of the molecule is C[Si](C)(C)N=P(Cl)(c1ccccc1)C(c1ccccc1)[Si](C)(C)C. The standard InChI is InChI=1S/C19H29ClNPSi2/c1-23(2,3)19(17-13-9-7-10-14-17)22(20,21-24(4,5)6)18-15-11-8-12-16-18/h7-16,19H,1-6H3. The minimum absolute atomic E-state index is 0.335. The zero-order chi connectivity index (χ0) is 18.0. The van der Waals surface area contributed by atoms with E-state index in [-0.39, 0.29) is 0 Å². The Morgan fingerprint density at radius 3 is 1.67 bits per heavy atom. The maximum atomic E-state index is 7.55. The van der Waals surface area contributed by atoms with E-state index in [1.165, 1.54) is 10.9 Å². The summed E-state index contributed by atoms with van der Waals surface area (Å²) in [4.78, 5) is 0. The first-order valence-electron chi connectivity index (χ1n) is 8.47. The molecule has 0 aliphatic heterocycles. The molecular formula is C19H29ClNPSi2. The molecule has 2 aromatic rings. The van der Waals surface area contributed by atoms with Gasteiger partial charge in [-0.3, -0.25) is 0 Å². The molecule has 2 unspecified atom stereocenters. The minimum Gasteiger partial charge on any atom is -0.320 e. The van der Waals surface area contributed by atoms with Gasteiger partial charge in [0.25, 0.3) is 0 Å². The zero-order valence-electron chi connectivity index (χ0n) is 15.6. The summed E-state index contributed by atoms with van der Waals surface area (Å²) in [6.45, 7) is 14.1. The monoisotopic (exact) mass is 393 g/mol. The Kier molecular flexibility index (Phi) is 6.02. The third kappa shape index (κ3) is 4.73. The van der Waals surface area contributed by atoms with Gasteiger partial charge in [0.15, 0.2) is 8.24 Å². The highest BCUT2D eigenvalue weighted by molar-refractivity contribution is 7.99. The molecule has 2 atom stereocenters. The molecule has 130 valence electrons. The van der Waals surface area contributed by atoms with E-state index in [1.54, 1.807) is 0 Å². The summed E-state index contributed by atoms with van der Waals surface area (Å²) in [5.41, 5.74) is 1.35. The number of hydrogen-bond donors (Lipinski definition) is 0. The molecule has 24 heavy (non-hydrogen) atoms. The van der Waals surface area contributed by atoms with Crippen LogP contribution in [-0.2, 0) is 0 Å². The average molecular weight is 394 g/mol. The van der Waals surface area contributed by atoms with Crippen LogP contribution in [0, 0.1) is 0 Å². The molecule has 0 saturated heterocycles. The summed E-state index contributed by atoms with van der Waals surface area (Å²) in [5, 5.41) is 1.56. The van der Waals surface area contributed by atoms with Crippen molar-refractivity contribution in [2.75, 3.05) is 0 Å². The molecule has 1 nitrogen and oxygen atoms in total. The highest BCUT2D eigenvalue weighted by Gasteiger charge is 2.41. The number of hydrogen-bond acceptors (Lipinski definition) is 1. The molecule has 0 fully saturated rings. The Hall–Kier alpha value is -0.606. The van der Waals surface area contributed by atoms with Crippen LogP contribution in [0.2, 0.25) is 39.3 Å². The fourth-order valence-corrected chi connectivity index (χ4v) is 20.7. The van der Waals surface area contributed by atoms with Crippen molar-refractivity contribution >= 4 is 39.3 Å². The Morgan fingerprint density at radius 1 is 0.792 bits per heavy atom. The van der Waals surface area contributed by atoms with E-state index in [4.69, 9.17) is 15.7 Å². The molecule has 2 aromatic carbocycles. The van der Waals surface area contributed by atoms with Crippen molar-refractivity contribution in [2.45, 2.75) is 44.6 Å². The fraction of sp³-hybridized carbons (Fsp3) is 0.368. The molecule has 0 aliphatic carbocycles. The second kappa shape index (κ2) is 7.33. The predicted molar refractivity (Wildman–Crippen MR) is 117 cm³/mol. The van der Waals surface area contributed by atoms with Crippen LogP contribution in [0.3, 0.4) is 0 Å². The van der Waals surface area contributed by atoms with Gasteiger partial charge in [0.05, 0.1) is 14.5 Å². The highest BCUT2D eigenvalue weighted by atomic mass is 35.7. The Labute approximate surface area is 154 Å². The molecule has 0 heterocycles. The van der Waals surface area contributed by atoms with Gasteiger partial charge in [-0.05, 0) is 5.56 Å². The summed E-state index contributed by atoms with van der Waals surface area (Å²) in [6, 6.07) is 21.4. The first-order valence-corrected chi connectivity index (χ1v) is 18.2. The molecular weight excluding hydrogens is 365 g/mol. The van der Waals surface area contributed by atoms with Crippen molar-refractivity contribution in [1.82, 2.24) is 0 Å². The Balaban J connectivity index is 2.80. The molecule has 0 radical (unpaired) electrons. The molecule has 0 bridgehead atoms. The van der Waals surface area contributed by atoms with Crippen molar-refractivity contribution in [3.05, 3.63) is 66.2 Å². The second-order valence-corrected chi connectivity index (χ2v) is 23.1. The first-order chi connectivity index (χ1) is 11.0. The molecule has 0 spiro atoms. The lowest BCUT2D eigenvalue weighted by molar-refractivity contribution is 1.25. The molecule has 2 rings (SSSR count). The topological polar surface area (TPSA) is 12.4 Å². The van der Waals surface area contributed by atoms with E-state index < -0.39 is 22.7 Å². The van der Waals surface area contributed by atoms with Crippen LogP contribution < -0.4 is 5.30 Å². The van der Waals surface area contributed by atoms with Gasteiger partial charge in [-0.1, -0.05) is 111 Å². The van der Waals surface area contributed by atoms with Crippen LogP contribution in [0.1, 0.15) is 10.8 Å². The van der Waals surface area contributed by atoms with Crippen LogP contribution in [0.15, 0.2) is 65.1 Å². The van der Waals surface area contributed by atoms with E-state index in [9.17, 15) is 0 Å². The third-order valence-electron chi connectivity index (χ3n) is 3.84. The number of halogens is 1. The molecule has 0 N–H and O–H groups in total. The lowest BCUT2D eigenvalue weighted by Gasteiger charge is -2.38. The molecule has 0 aliphatic rings. The van der Waals surface area contributed by atoms with Crippen molar-refractivity contribution < 1.29 is 0 Å². The van der Waals surface area contributed by atoms with E-state index in [0.29, 0.717) is 5.28 Å². The quantitative estimate of drug-likeness (QED) is 0.378. The molecule has 0 saturated carbocycles. The normalized spacial score (nSPS) is 16.3. The summed E-state index contributed by atoms with van der Waals surface area (Å²) >= 11 is 7.55. The van der Waals surface area contributed by atoms with Gasteiger partial charge in [-0.25, -0.2) is 0 Å². The fourth-order valence-electron chi connectivity index (χ4n) is 3.18. The smallest absolute Gasteiger partial charge is 0.172 e. The largest absolute Gasteiger partial charge is 0.320 e. The maximum Gasteiger partial charge on any atom is 0.172 e. The summed E-state index contributed by atoms with van der Waals surface area (Å²) in [7, 11) is -3.28. The number of nitrogens with zero attached hydrogens (tertiary/aromatic N) is 1. The van der Waals surface area contributed by atoms with Gasteiger partial charge in [0.2, 0.25) is 0 Å². The van der Waals surface area contributed by atoms with Gasteiger partial charge < -0.3 is 4.41 Å². The summed E-state index contributed by atoms with van der Waals surface area (Å²) in [5.74, 6) is 0. The van der Waals surface area contributed by atoms with Crippen LogP contribution in [0.25, 0.3) is 0 Å². The Bertz CT molecular complexity index is 719. The van der Waals surface area contributed by atoms with E-state index >= 15 is 0 Å². The van der Waals surface area contributed by atoms with Crippen LogP contribution in [-0.4, -0.2) is 16.3 Å². The average Bonchev–Trinajstić information content (AvgIpc) is 2.46. The minimum atomic E-state index is -2.18. The van der Waals surface area contributed by atoms with E-state index in [2.05, 4.69) is 99.9 Å². The summed E-state index contributed by atoms with van der Waals surface area (Å²) < 4.78 is 5.40. The van der Waals surface area contributed by atoms with Crippen molar-refractivity contribution in [3.8, 4) is 0 Å². The predicted octanol–water partition coefficient (Wildman–Crippen LogP) is 7.12. The molecule has 0 amide bonds. The zero-order valence-corrected chi connectivity index (χ0v) is 19.3. The number of benzene rings is 2. The first kappa shape index (κ1) is 19.7. The number of rotatable bonds is 5. The van der Waals surface area contributed by atoms with Crippen molar-refractivity contribution in [1.29, 1.82) is 0 Å².